The van der Waals surface area contributed by atoms with Crippen LogP contribution in [0.15, 0.2) is 11.6 Å². The van der Waals surface area contributed by atoms with Crippen molar-refractivity contribution in [2.75, 3.05) is 0 Å². The first kappa shape index (κ1) is 14.5. The number of ketones is 1. The van der Waals surface area contributed by atoms with Gasteiger partial charge in [0.1, 0.15) is 5.78 Å². The summed E-state index contributed by atoms with van der Waals surface area (Å²) in [6, 6.07) is 0. The molecular weight excluding hydrogens is 276 g/mol. The predicted molar refractivity (Wildman–Crippen MR) is 83.3 cm³/mol. The summed E-state index contributed by atoms with van der Waals surface area (Å²) in [5.74, 6) is 0.465. The molecule has 5 unspecified atom stereocenters. The average Bonchev–Trinajstić information content (AvgIpc) is 2.62. The predicted octanol–water partition coefficient (Wildman–Crippen LogP) is 3.97. The van der Waals surface area contributed by atoms with Crippen molar-refractivity contribution in [2.45, 2.75) is 65.2 Å². The molecular formula is C19H26O3. The van der Waals surface area contributed by atoms with E-state index < -0.39 is 5.97 Å². The Bertz CT molecular complexity index is 591. The summed E-state index contributed by atoms with van der Waals surface area (Å²) in [5.41, 5.74) is 0.823. The van der Waals surface area contributed by atoms with Crippen LogP contribution in [0.25, 0.3) is 0 Å². The minimum atomic E-state index is -0.727. The third-order valence-electron chi connectivity index (χ3n) is 7.84. The zero-order valence-corrected chi connectivity index (χ0v) is 13.7. The summed E-state index contributed by atoms with van der Waals surface area (Å²) >= 11 is 0. The number of rotatable bonds is 1. The van der Waals surface area contributed by atoms with E-state index in [1.54, 1.807) is 0 Å². The van der Waals surface area contributed by atoms with E-state index in [0.29, 0.717) is 17.3 Å². The minimum Gasteiger partial charge on any atom is -0.478 e. The summed E-state index contributed by atoms with van der Waals surface area (Å²) in [4.78, 5) is 24.2. The number of carboxylic acids is 1. The molecule has 5 atom stereocenters. The van der Waals surface area contributed by atoms with E-state index in [2.05, 4.69) is 13.8 Å². The lowest BCUT2D eigenvalue weighted by Gasteiger charge is -2.60. The standard InChI is InChI=1S/C19H26O3/c1-17-8-6-14-18(2)7-3-4-12(16(21)22)13(18)5-9-19(14,11-17)10-15(17)20/h4,13-14H,3,5-11H2,1-2H3,(H,21,22). The Kier molecular flexibility index (Phi) is 2.79. The van der Waals surface area contributed by atoms with Gasteiger partial charge in [0.2, 0.25) is 0 Å². The summed E-state index contributed by atoms with van der Waals surface area (Å²) < 4.78 is 0. The van der Waals surface area contributed by atoms with Gasteiger partial charge < -0.3 is 5.11 Å². The highest BCUT2D eigenvalue weighted by Gasteiger charge is 2.65. The first-order valence-electron chi connectivity index (χ1n) is 8.77. The van der Waals surface area contributed by atoms with Crippen molar-refractivity contribution in [3.63, 3.8) is 0 Å². The molecule has 0 aromatic heterocycles. The van der Waals surface area contributed by atoms with Gasteiger partial charge in [-0.25, -0.2) is 4.79 Å². The molecule has 0 aromatic rings. The quantitative estimate of drug-likeness (QED) is 0.797. The first-order chi connectivity index (χ1) is 10.3. The Balaban J connectivity index is 1.75. The molecule has 0 aliphatic heterocycles. The third kappa shape index (κ3) is 1.63. The second kappa shape index (κ2) is 4.24. The molecule has 3 fully saturated rings. The topological polar surface area (TPSA) is 54.4 Å². The van der Waals surface area contributed by atoms with Crippen molar-refractivity contribution in [3.8, 4) is 0 Å². The summed E-state index contributed by atoms with van der Waals surface area (Å²) in [6.07, 6.45) is 9.85. The third-order valence-corrected chi connectivity index (χ3v) is 7.84. The van der Waals surface area contributed by atoms with Gasteiger partial charge in [-0.1, -0.05) is 19.9 Å². The molecule has 3 heteroatoms. The van der Waals surface area contributed by atoms with Gasteiger partial charge in [-0.2, -0.15) is 0 Å². The molecule has 0 amide bonds. The van der Waals surface area contributed by atoms with Crippen molar-refractivity contribution in [1.29, 1.82) is 0 Å². The lowest BCUT2D eigenvalue weighted by atomic mass is 9.44. The lowest BCUT2D eigenvalue weighted by Crippen LogP contribution is -2.53. The number of allylic oxidation sites excluding steroid dienone is 1. The van der Waals surface area contributed by atoms with E-state index >= 15 is 0 Å². The van der Waals surface area contributed by atoms with Crippen LogP contribution in [0.5, 0.6) is 0 Å². The van der Waals surface area contributed by atoms with Gasteiger partial charge in [0.25, 0.3) is 0 Å². The molecule has 4 aliphatic rings. The zero-order chi connectivity index (χ0) is 15.8. The maximum atomic E-state index is 12.6. The molecule has 0 saturated heterocycles. The van der Waals surface area contributed by atoms with Gasteiger partial charge >= 0.3 is 5.97 Å². The van der Waals surface area contributed by atoms with Crippen molar-refractivity contribution in [3.05, 3.63) is 11.6 Å². The molecule has 22 heavy (non-hydrogen) atoms. The van der Waals surface area contributed by atoms with Crippen LogP contribution in [0.1, 0.15) is 65.2 Å². The Morgan fingerprint density at radius 1 is 1.23 bits per heavy atom. The SMILES string of the molecule is CC12CCC3C(CCC4C(C(=O)O)=CCCC43C)(CC1=O)C2. The van der Waals surface area contributed by atoms with Crippen LogP contribution in [-0.2, 0) is 9.59 Å². The highest BCUT2D eigenvalue weighted by Crippen LogP contribution is 2.70. The number of Topliss-reactive ketones (excluding diaryl/α,β-unsaturated/α-hetero) is 1. The van der Waals surface area contributed by atoms with Crippen LogP contribution in [0.3, 0.4) is 0 Å². The molecule has 3 saturated carbocycles. The fraction of sp³-hybridized carbons (Fsp3) is 0.789. The molecule has 0 radical (unpaired) electrons. The Labute approximate surface area is 132 Å². The second-order valence-electron chi connectivity index (χ2n) is 8.89. The number of fused-ring (bicyclic) bond motifs is 3. The molecule has 0 heterocycles. The monoisotopic (exact) mass is 302 g/mol. The molecule has 1 spiro atoms. The molecule has 120 valence electrons. The van der Waals surface area contributed by atoms with Gasteiger partial charge in [-0.15, -0.1) is 0 Å². The van der Waals surface area contributed by atoms with E-state index in [4.69, 9.17) is 0 Å². The van der Waals surface area contributed by atoms with Gasteiger partial charge in [-0.05, 0) is 67.6 Å². The number of aliphatic carboxylic acids is 1. The van der Waals surface area contributed by atoms with Crippen LogP contribution < -0.4 is 0 Å². The number of hydrogen-bond donors (Lipinski definition) is 1. The molecule has 0 aromatic carbocycles. The average molecular weight is 302 g/mol. The maximum Gasteiger partial charge on any atom is 0.331 e. The van der Waals surface area contributed by atoms with Gasteiger partial charge in [0.15, 0.2) is 0 Å². The number of hydrogen-bond acceptors (Lipinski definition) is 2. The molecule has 3 nitrogen and oxygen atoms in total. The Hall–Kier alpha value is -1.12. The van der Waals surface area contributed by atoms with E-state index in [0.717, 1.165) is 51.4 Å². The van der Waals surface area contributed by atoms with Gasteiger partial charge in [0, 0.05) is 17.4 Å². The van der Waals surface area contributed by atoms with Crippen LogP contribution in [-0.4, -0.2) is 16.9 Å². The zero-order valence-electron chi connectivity index (χ0n) is 13.7. The van der Waals surface area contributed by atoms with Crippen molar-refractivity contribution in [2.24, 2.45) is 28.1 Å². The molecule has 4 aliphatic carbocycles. The summed E-state index contributed by atoms with van der Waals surface area (Å²) in [7, 11) is 0. The van der Waals surface area contributed by atoms with E-state index in [1.807, 2.05) is 6.08 Å². The van der Waals surface area contributed by atoms with Crippen LogP contribution in [0.4, 0.5) is 0 Å². The van der Waals surface area contributed by atoms with E-state index in [1.165, 1.54) is 0 Å². The lowest BCUT2D eigenvalue weighted by molar-refractivity contribution is -0.137. The Morgan fingerprint density at radius 2 is 2.00 bits per heavy atom. The fourth-order valence-corrected chi connectivity index (χ4v) is 6.88. The summed E-state index contributed by atoms with van der Waals surface area (Å²) in [5, 5.41) is 9.58. The van der Waals surface area contributed by atoms with Crippen molar-refractivity contribution < 1.29 is 14.7 Å². The highest BCUT2D eigenvalue weighted by molar-refractivity contribution is 5.89. The van der Waals surface area contributed by atoms with Crippen molar-refractivity contribution in [1.82, 2.24) is 0 Å². The number of carbonyl (C=O) groups is 2. The van der Waals surface area contributed by atoms with E-state index in [-0.39, 0.29) is 22.2 Å². The smallest absolute Gasteiger partial charge is 0.331 e. The van der Waals surface area contributed by atoms with Crippen LogP contribution in [0, 0.1) is 28.1 Å². The molecule has 1 N–H and O–H groups in total. The van der Waals surface area contributed by atoms with Crippen molar-refractivity contribution >= 4 is 11.8 Å². The Morgan fingerprint density at radius 3 is 2.73 bits per heavy atom. The minimum absolute atomic E-state index is 0.0761. The normalized spacial score (nSPS) is 50.1. The molecule has 2 bridgehead atoms. The maximum absolute atomic E-state index is 12.6. The van der Waals surface area contributed by atoms with Gasteiger partial charge in [-0.3, -0.25) is 4.79 Å². The summed E-state index contributed by atoms with van der Waals surface area (Å²) in [6.45, 7) is 4.49. The number of carboxylic acid groups (broad SMARTS) is 1. The van der Waals surface area contributed by atoms with Crippen LogP contribution in [0.2, 0.25) is 0 Å². The highest BCUT2D eigenvalue weighted by atomic mass is 16.4. The number of carbonyl (C=O) groups excluding carboxylic acids is 1. The first-order valence-corrected chi connectivity index (χ1v) is 8.77. The van der Waals surface area contributed by atoms with Gasteiger partial charge in [0.05, 0.1) is 0 Å². The molecule has 4 rings (SSSR count). The van der Waals surface area contributed by atoms with Crippen LogP contribution >= 0.6 is 0 Å². The second-order valence-corrected chi connectivity index (χ2v) is 8.89. The largest absolute Gasteiger partial charge is 0.478 e. The van der Waals surface area contributed by atoms with E-state index in [9.17, 15) is 14.7 Å². The fourth-order valence-electron chi connectivity index (χ4n) is 6.88.